The van der Waals surface area contributed by atoms with E-state index in [4.69, 9.17) is 9.84 Å². The average Bonchev–Trinajstić information content (AvgIpc) is 2.95. The van der Waals surface area contributed by atoms with Gasteiger partial charge in [0.25, 0.3) is 5.91 Å². The Balaban J connectivity index is 1.85. The number of amides is 1. The molecule has 1 N–H and O–H groups in total. The van der Waals surface area contributed by atoms with E-state index in [2.05, 4.69) is 6.92 Å². The molecule has 0 spiro atoms. The maximum absolute atomic E-state index is 11.9. The van der Waals surface area contributed by atoms with Crippen LogP contribution in [0.25, 0.3) is 0 Å². The lowest BCUT2D eigenvalue weighted by Crippen LogP contribution is -2.33. The van der Waals surface area contributed by atoms with Gasteiger partial charge in [-0.25, -0.2) is 0 Å². The standard InChI is InChI=1S/C15H19NO4/c1-2-11-4-3-5-13(8-11)20-10-14(17)16-7-6-12(9-16)15(18)19/h3-5,8,12H,2,6-7,9-10H2,1H3,(H,18,19). The molecule has 1 amide bonds. The Morgan fingerprint density at radius 1 is 1.45 bits per heavy atom. The molecule has 1 fully saturated rings. The van der Waals surface area contributed by atoms with Crippen molar-refractivity contribution in [3.63, 3.8) is 0 Å². The van der Waals surface area contributed by atoms with Crippen LogP contribution in [-0.4, -0.2) is 41.6 Å². The number of likely N-dealkylation sites (tertiary alicyclic amines) is 1. The minimum Gasteiger partial charge on any atom is -0.484 e. The molecule has 1 atom stereocenters. The Morgan fingerprint density at radius 3 is 2.90 bits per heavy atom. The third-order valence-electron chi connectivity index (χ3n) is 3.56. The first-order valence-corrected chi connectivity index (χ1v) is 6.82. The molecule has 0 aliphatic carbocycles. The third-order valence-corrected chi connectivity index (χ3v) is 3.56. The molecule has 5 heteroatoms. The van der Waals surface area contributed by atoms with Crippen LogP contribution in [0, 0.1) is 5.92 Å². The summed E-state index contributed by atoms with van der Waals surface area (Å²) in [4.78, 5) is 24.4. The molecular weight excluding hydrogens is 258 g/mol. The van der Waals surface area contributed by atoms with E-state index in [1.54, 1.807) is 4.90 Å². The molecule has 1 aliphatic heterocycles. The van der Waals surface area contributed by atoms with E-state index in [0.717, 1.165) is 12.0 Å². The fraction of sp³-hybridized carbons (Fsp3) is 0.467. The summed E-state index contributed by atoms with van der Waals surface area (Å²) in [6.45, 7) is 2.79. The highest BCUT2D eigenvalue weighted by Crippen LogP contribution is 2.17. The van der Waals surface area contributed by atoms with Crippen molar-refractivity contribution in [1.29, 1.82) is 0 Å². The van der Waals surface area contributed by atoms with E-state index in [-0.39, 0.29) is 19.1 Å². The molecule has 5 nitrogen and oxygen atoms in total. The quantitative estimate of drug-likeness (QED) is 0.887. The van der Waals surface area contributed by atoms with Crippen molar-refractivity contribution in [1.82, 2.24) is 4.90 Å². The van der Waals surface area contributed by atoms with Gasteiger partial charge in [-0.1, -0.05) is 19.1 Å². The molecule has 1 unspecified atom stereocenters. The molecule has 0 radical (unpaired) electrons. The van der Waals surface area contributed by atoms with Gasteiger partial charge in [0.15, 0.2) is 6.61 Å². The van der Waals surface area contributed by atoms with E-state index >= 15 is 0 Å². The van der Waals surface area contributed by atoms with E-state index < -0.39 is 11.9 Å². The summed E-state index contributed by atoms with van der Waals surface area (Å²) in [5, 5.41) is 8.91. The van der Waals surface area contributed by atoms with Crippen LogP contribution in [0.5, 0.6) is 5.75 Å². The number of carboxylic acids is 1. The topological polar surface area (TPSA) is 66.8 Å². The molecule has 2 rings (SSSR count). The van der Waals surface area contributed by atoms with Crippen molar-refractivity contribution in [2.75, 3.05) is 19.7 Å². The van der Waals surface area contributed by atoms with Crippen LogP contribution in [0.1, 0.15) is 18.9 Å². The summed E-state index contributed by atoms with van der Waals surface area (Å²) < 4.78 is 5.48. The molecule has 20 heavy (non-hydrogen) atoms. The zero-order valence-corrected chi connectivity index (χ0v) is 11.5. The molecule has 1 heterocycles. The number of carboxylic acid groups (broad SMARTS) is 1. The molecule has 0 aromatic heterocycles. The number of nitrogens with zero attached hydrogens (tertiary/aromatic N) is 1. The number of hydrogen-bond acceptors (Lipinski definition) is 3. The zero-order valence-electron chi connectivity index (χ0n) is 11.5. The summed E-state index contributed by atoms with van der Waals surface area (Å²) in [5.74, 6) is -0.762. The predicted octanol–water partition coefficient (Wildman–Crippen LogP) is 1.56. The van der Waals surface area contributed by atoms with E-state index in [9.17, 15) is 9.59 Å². The first-order chi connectivity index (χ1) is 9.60. The van der Waals surface area contributed by atoms with Crippen molar-refractivity contribution in [2.45, 2.75) is 19.8 Å². The smallest absolute Gasteiger partial charge is 0.308 e. The first-order valence-electron chi connectivity index (χ1n) is 6.82. The van der Waals surface area contributed by atoms with E-state index in [1.165, 1.54) is 0 Å². The summed E-state index contributed by atoms with van der Waals surface area (Å²) >= 11 is 0. The summed E-state index contributed by atoms with van der Waals surface area (Å²) in [6.07, 6.45) is 1.43. The monoisotopic (exact) mass is 277 g/mol. The molecule has 1 saturated heterocycles. The van der Waals surface area contributed by atoms with Crippen molar-refractivity contribution in [3.8, 4) is 5.75 Å². The fourth-order valence-corrected chi connectivity index (χ4v) is 2.28. The molecule has 0 saturated carbocycles. The number of aliphatic carboxylic acids is 1. The highest BCUT2D eigenvalue weighted by molar-refractivity contribution is 5.80. The number of benzene rings is 1. The maximum atomic E-state index is 11.9. The molecule has 1 aromatic rings. The van der Waals surface area contributed by atoms with Gasteiger partial charge >= 0.3 is 5.97 Å². The van der Waals surface area contributed by atoms with Crippen LogP contribution >= 0.6 is 0 Å². The highest BCUT2D eigenvalue weighted by atomic mass is 16.5. The highest BCUT2D eigenvalue weighted by Gasteiger charge is 2.30. The van der Waals surface area contributed by atoms with Crippen LogP contribution in [0.15, 0.2) is 24.3 Å². The van der Waals surface area contributed by atoms with Crippen LogP contribution in [0.2, 0.25) is 0 Å². The largest absolute Gasteiger partial charge is 0.484 e. The molecule has 1 aliphatic rings. The minimum absolute atomic E-state index is 0.0422. The van der Waals surface area contributed by atoms with Crippen LogP contribution in [0.4, 0.5) is 0 Å². The lowest BCUT2D eigenvalue weighted by atomic mass is 10.1. The van der Waals surface area contributed by atoms with E-state index in [1.807, 2.05) is 24.3 Å². The number of hydrogen-bond donors (Lipinski definition) is 1. The number of carbonyl (C=O) groups is 2. The molecular formula is C15H19NO4. The van der Waals surface area contributed by atoms with Crippen molar-refractivity contribution in [3.05, 3.63) is 29.8 Å². The SMILES string of the molecule is CCc1cccc(OCC(=O)N2CCC(C(=O)O)C2)c1. The zero-order chi connectivity index (χ0) is 14.5. The maximum Gasteiger partial charge on any atom is 0.308 e. The van der Waals surface area contributed by atoms with E-state index in [0.29, 0.717) is 18.7 Å². The molecule has 0 bridgehead atoms. The van der Waals surface area contributed by atoms with Crippen molar-refractivity contribution in [2.24, 2.45) is 5.92 Å². The Kier molecular flexibility index (Phi) is 4.61. The van der Waals surface area contributed by atoms with Gasteiger partial charge in [0.1, 0.15) is 5.75 Å². The van der Waals surface area contributed by atoms with Gasteiger partial charge in [0.05, 0.1) is 5.92 Å². The first kappa shape index (κ1) is 14.4. The average molecular weight is 277 g/mol. The van der Waals surface area contributed by atoms with Crippen molar-refractivity contribution >= 4 is 11.9 Å². The number of rotatable bonds is 5. The second kappa shape index (κ2) is 6.41. The van der Waals surface area contributed by atoms with Crippen molar-refractivity contribution < 1.29 is 19.4 Å². The molecule has 108 valence electrons. The van der Waals surface area contributed by atoms with Crippen LogP contribution < -0.4 is 4.74 Å². The minimum atomic E-state index is -0.836. The number of ether oxygens (including phenoxy) is 1. The van der Waals surface area contributed by atoms with Gasteiger partial charge in [0, 0.05) is 13.1 Å². The second-order valence-electron chi connectivity index (χ2n) is 4.95. The summed E-state index contributed by atoms with van der Waals surface area (Å²) in [5.41, 5.74) is 1.15. The van der Waals surface area contributed by atoms with Gasteiger partial charge in [-0.3, -0.25) is 9.59 Å². The molecule has 1 aromatic carbocycles. The number of carbonyl (C=O) groups excluding carboxylic acids is 1. The van der Waals surface area contributed by atoms with Gasteiger partial charge < -0.3 is 14.7 Å². The van der Waals surface area contributed by atoms with Gasteiger partial charge in [-0.05, 0) is 30.5 Å². The fourth-order valence-electron chi connectivity index (χ4n) is 2.28. The number of aryl methyl sites for hydroxylation is 1. The van der Waals surface area contributed by atoms with Gasteiger partial charge in [-0.2, -0.15) is 0 Å². The Morgan fingerprint density at radius 2 is 2.25 bits per heavy atom. The Hall–Kier alpha value is -2.04. The normalized spacial score (nSPS) is 18.1. The summed E-state index contributed by atoms with van der Waals surface area (Å²) in [7, 11) is 0. The lowest BCUT2D eigenvalue weighted by molar-refractivity contribution is -0.141. The lowest BCUT2D eigenvalue weighted by Gasteiger charge is -2.16. The van der Waals surface area contributed by atoms with Crippen LogP contribution in [-0.2, 0) is 16.0 Å². The summed E-state index contributed by atoms with van der Waals surface area (Å²) in [6, 6.07) is 7.63. The third kappa shape index (κ3) is 3.50. The predicted molar refractivity (Wildman–Crippen MR) is 73.6 cm³/mol. The van der Waals surface area contributed by atoms with Gasteiger partial charge in [0.2, 0.25) is 0 Å². The van der Waals surface area contributed by atoms with Gasteiger partial charge in [-0.15, -0.1) is 0 Å². The second-order valence-corrected chi connectivity index (χ2v) is 4.95. The Labute approximate surface area is 118 Å². The van der Waals surface area contributed by atoms with Crippen LogP contribution in [0.3, 0.4) is 0 Å². The Bertz CT molecular complexity index is 500.